The Morgan fingerprint density at radius 3 is 2.56 bits per heavy atom. The number of nitrogens with two attached hydrogens (primary N) is 1. The molecule has 0 radical (unpaired) electrons. The molecule has 0 saturated heterocycles. The Hall–Kier alpha value is -0.820. The molecule has 0 aliphatic carbocycles. The molecule has 0 bridgehead atoms. The first-order valence-electron chi connectivity index (χ1n) is 5.39. The molecule has 0 saturated carbocycles. The number of halogens is 1. The third-order valence-electron chi connectivity index (χ3n) is 2.21. The van der Waals surface area contributed by atoms with Crippen molar-refractivity contribution in [2.75, 3.05) is 20.3 Å². The van der Waals surface area contributed by atoms with Gasteiger partial charge >= 0.3 is 0 Å². The fourth-order valence-corrected chi connectivity index (χ4v) is 2.29. The van der Waals surface area contributed by atoms with Crippen LogP contribution in [0.25, 0.3) is 0 Å². The largest absolute Gasteiger partial charge is 0.492 e. The van der Waals surface area contributed by atoms with Crippen LogP contribution in [-0.4, -0.2) is 28.7 Å². The summed E-state index contributed by atoms with van der Waals surface area (Å²) in [5.74, 6) is 0.222. The summed E-state index contributed by atoms with van der Waals surface area (Å²) in [6, 6.07) is 4.33. The molecule has 0 heterocycles. The average Bonchev–Trinajstić information content (AvgIpc) is 2.29. The minimum atomic E-state index is -3.84. The quantitative estimate of drug-likeness (QED) is 0.777. The highest BCUT2D eigenvalue weighted by molar-refractivity contribution is 7.89. The second kappa shape index (κ2) is 6.94. The highest BCUT2D eigenvalue weighted by Gasteiger charge is 2.15. The van der Waals surface area contributed by atoms with Crippen molar-refractivity contribution in [1.82, 2.24) is 0 Å². The lowest BCUT2D eigenvalue weighted by molar-refractivity contribution is 0.183. The molecule has 0 amide bonds. The molecule has 102 valence electrons. The van der Waals surface area contributed by atoms with Crippen molar-refractivity contribution in [3.05, 3.63) is 23.2 Å². The third kappa shape index (κ3) is 4.81. The molecule has 0 unspecified atom stereocenters. The standard InChI is InChI=1S/C11H16ClNO4S/c1-16-6-2-3-7-17-10-5-4-9(12)8-11(10)18(13,14)15/h4-5,8H,2-3,6-7H2,1H3,(H2,13,14,15). The van der Waals surface area contributed by atoms with Crippen LogP contribution in [-0.2, 0) is 14.8 Å². The van der Waals surface area contributed by atoms with Crippen LogP contribution in [0.4, 0.5) is 0 Å². The summed E-state index contributed by atoms with van der Waals surface area (Å²) in [6.45, 7) is 1.04. The van der Waals surface area contributed by atoms with Gasteiger partial charge in [0.1, 0.15) is 10.6 Å². The fourth-order valence-electron chi connectivity index (χ4n) is 1.35. The Morgan fingerprint density at radius 1 is 1.28 bits per heavy atom. The molecule has 1 rings (SSSR count). The van der Waals surface area contributed by atoms with E-state index in [1.54, 1.807) is 13.2 Å². The first-order chi connectivity index (χ1) is 8.45. The smallest absolute Gasteiger partial charge is 0.241 e. The van der Waals surface area contributed by atoms with E-state index in [9.17, 15) is 8.42 Å². The van der Waals surface area contributed by atoms with Crippen LogP contribution in [0.1, 0.15) is 12.8 Å². The van der Waals surface area contributed by atoms with Crippen molar-refractivity contribution in [2.24, 2.45) is 5.14 Å². The lowest BCUT2D eigenvalue weighted by Crippen LogP contribution is -2.14. The number of hydrogen-bond donors (Lipinski definition) is 1. The van der Waals surface area contributed by atoms with E-state index in [0.717, 1.165) is 12.8 Å². The Bertz CT molecular complexity index is 490. The number of sulfonamides is 1. The number of unbranched alkanes of at least 4 members (excludes halogenated alkanes) is 1. The predicted octanol–water partition coefficient (Wildman–Crippen LogP) is 1.79. The molecule has 7 heteroatoms. The number of rotatable bonds is 7. The second-order valence-corrected chi connectivity index (χ2v) is 5.65. The van der Waals surface area contributed by atoms with Gasteiger partial charge in [0.15, 0.2) is 0 Å². The lowest BCUT2D eigenvalue weighted by Gasteiger charge is -2.10. The zero-order valence-electron chi connectivity index (χ0n) is 10.1. The summed E-state index contributed by atoms with van der Waals surface area (Å²) in [6.07, 6.45) is 1.61. The molecule has 0 spiro atoms. The molecular formula is C11H16ClNO4S. The van der Waals surface area contributed by atoms with E-state index >= 15 is 0 Å². The zero-order valence-corrected chi connectivity index (χ0v) is 11.6. The molecule has 2 N–H and O–H groups in total. The van der Waals surface area contributed by atoms with Crippen LogP contribution in [0.5, 0.6) is 5.75 Å². The maximum absolute atomic E-state index is 11.4. The van der Waals surface area contributed by atoms with E-state index in [1.807, 2.05) is 0 Å². The lowest BCUT2D eigenvalue weighted by atomic mass is 10.3. The monoisotopic (exact) mass is 293 g/mol. The molecule has 5 nitrogen and oxygen atoms in total. The molecule has 18 heavy (non-hydrogen) atoms. The predicted molar refractivity (Wildman–Crippen MR) is 69.4 cm³/mol. The third-order valence-corrected chi connectivity index (χ3v) is 3.38. The number of methoxy groups -OCH3 is 1. The van der Waals surface area contributed by atoms with Gasteiger partial charge in [-0.15, -0.1) is 0 Å². The number of hydrogen-bond acceptors (Lipinski definition) is 4. The van der Waals surface area contributed by atoms with E-state index in [0.29, 0.717) is 18.2 Å². The molecule has 0 aliphatic heterocycles. The maximum Gasteiger partial charge on any atom is 0.241 e. The van der Waals surface area contributed by atoms with E-state index < -0.39 is 10.0 Å². The van der Waals surface area contributed by atoms with Gasteiger partial charge in [-0.3, -0.25) is 0 Å². The maximum atomic E-state index is 11.4. The summed E-state index contributed by atoms with van der Waals surface area (Å²) < 4.78 is 33.0. The van der Waals surface area contributed by atoms with Crippen LogP contribution in [0.2, 0.25) is 5.02 Å². The molecule has 1 aromatic carbocycles. The molecule has 0 aromatic heterocycles. The van der Waals surface area contributed by atoms with E-state index in [1.165, 1.54) is 12.1 Å². The van der Waals surface area contributed by atoms with E-state index in [2.05, 4.69) is 0 Å². The average molecular weight is 294 g/mol. The van der Waals surface area contributed by atoms with Gasteiger partial charge in [0.25, 0.3) is 0 Å². The van der Waals surface area contributed by atoms with E-state index in [-0.39, 0.29) is 10.6 Å². The van der Waals surface area contributed by atoms with Gasteiger partial charge in [0, 0.05) is 18.7 Å². The minimum Gasteiger partial charge on any atom is -0.492 e. The first-order valence-corrected chi connectivity index (χ1v) is 7.31. The minimum absolute atomic E-state index is 0.0956. The summed E-state index contributed by atoms with van der Waals surface area (Å²) in [5, 5.41) is 5.39. The summed E-state index contributed by atoms with van der Waals surface area (Å²) in [4.78, 5) is -0.0956. The van der Waals surface area contributed by atoms with Crippen LogP contribution < -0.4 is 9.88 Å². The van der Waals surface area contributed by atoms with Gasteiger partial charge < -0.3 is 9.47 Å². The number of benzene rings is 1. The Morgan fingerprint density at radius 2 is 1.94 bits per heavy atom. The highest BCUT2D eigenvalue weighted by Crippen LogP contribution is 2.26. The molecular weight excluding hydrogens is 278 g/mol. The highest BCUT2D eigenvalue weighted by atomic mass is 35.5. The van der Waals surface area contributed by atoms with Crippen LogP contribution in [0, 0.1) is 0 Å². The number of primary sulfonamides is 1. The van der Waals surface area contributed by atoms with Crippen molar-refractivity contribution >= 4 is 21.6 Å². The molecule has 0 atom stereocenters. The molecule has 0 aliphatic rings. The van der Waals surface area contributed by atoms with Crippen LogP contribution >= 0.6 is 11.6 Å². The zero-order chi connectivity index (χ0) is 13.6. The van der Waals surface area contributed by atoms with Gasteiger partial charge in [-0.05, 0) is 31.0 Å². The molecule has 1 aromatic rings. The summed E-state index contributed by atoms with van der Waals surface area (Å²) >= 11 is 5.73. The van der Waals surface area contributed by atoms with Crippen LogP contribution in [0.15, 0.2) is 23.1 Å². The van der Waals surface area contributed by atoms with E-state index in [4.69, 9.17) is 26.2 Å². The van der Waals surface area contributed by atoms with Gasteiger partial charge in [-0.1, -0.05) is 11.6 Å². The topological polar surface area (TPSA) is 78.6 Å². The normalized spacial score (nSPS) is 11.5. The van der Waals surface area contributed by atoms with Crippen LogP contribution in [0.3, 0.4) is 0 Å². The van der Waals surface area contributed by atoms with Gasteiger partial charge in [0.2, 0.25) is 10.0 Å². The fraction of sp³-hybridized carbons (Fsp3) is 0.455. The second-order valence-electron chi connectivity index (χ2n) is 3.68. The van der Waals surface area contributed by atoms with Gasteiger partial charge in [-0.25, -0.2) is 13.6 Å². The van der Waals surface area contributed by atoms with Crippen molar-refractivity contribution < 1.29 is 17.9 Å². The van der Waals surface area contributed by atoms with Gasteiger partial charge in [-0.2, -0.15) is 0 Å². The van der Waals surface area contributed by atoms with Crippen molar-refractivity contribution in [3.63, 3.8) is 0 Å². The SMILES string of the molecule is COCCCCOc1ccc(Cl)cc1S(N)(=O)=O. The van der Waals surface area contributed by atoms with Crippen molar-refractivity contribution in [2.45, 2.75) is 17.7 Å². The van der Waals surface area contributed by atoms with Gasteiger partial charge in [0.05, 0.1) is 6.61 Å². The Balaban J connectivity index is 2.71. The van der Waals surface area contributed by atoms with Crippen molar-refractivity contribution in [3.8, 4) is 5.75 Å². The summed E-state index contributed by atoms with van der Waals surface area (Å²) in [5.41, 5.74) is 0. The Labute approximate surface area is 112 Å². The molecule has 0 fully saturated rings. The van der Waals surface area contributed by atoms with Crippen molar-refractivity contribution in [1.29, 1.82) is 0 Å². The Kier molecular flexibility index (Phi) is 5.87. The summed E-state index contributed by atoms with van der Waals surface area (Å²) in [7, 11) is -2.21. The first kappa shape index (κ1) is 15.2. The number of ether oxygens (including phenoxy) is 2.